The van der Waals surface area contributed by atoms with Crippen molar-refractivity contribution in [1.29, 1.82) is 0 Å². The van der Waals surface area contributed by atoms with Gasteiger partial charge in [0.15, 0.2) is 6.04 Å². The molecule has 0 radical (unpaired) electrons. The molecule has 0 aliphatic heterocycles. The lowest BCUT2D eigenvalue weighted by Crippen LogP contribution is -2.25. The van der Waals surface area contributed by atoms with Crippen LogP contribution in [0.25, 0.3) is 0 Å². The third-order valence-electron chi connectivity index (χ3n) is 3.06. The Labute approximate surface area is 122 Å². The number of nitrogens with one attached hydrogen (secondary N) is 1. The van der Waals surface area contributed by atoms with Crippen molar-refractivity contribution in [2.24, 2.45) is 0 Å². The minimum absolute atomic E-state index is 0.292. The van der Waals surface area contributed by atoms with Crippen molar-refractivity contribution < 1.29 is 13.9 Å². The van der Waals surface area contributed by atoms with E-state index < -0.39 is 12.0 Å². The van der Waals surface area contributed by atoms with E-state index in [0.717, 1.165) is 0 Å². The van der Waals surface area contributed by atoms with E-state index >= 15 is 0 Å². The lowest BCUT2D eigenvalue weighted by atomic mass is 10.2. The minimum Gasteiger partial charge on any atom is -0.464 e. The molecule has 112 valence electrons. The zero-order valence-corrected chi connectivity index (χ0v) is 12.0. The molecule has 0 aliphatic rings. The molecule has 0 amide bonds. The summed E-state index contributed by atoms with van der Waals surface area (Å²) in [6, 6.07) is 5.14. The highest BCUT2D eigenvalue weighted by molar-refractivity contribution is 5.80. The first kappa shape index (κ1) is 15.0. The van der Waals surface area contributed by atoms with Gasteiger partial charge in [0.25, 0.3) is 0 Å². The summed E-state index contributed by atoms with van der Waals surface area (Å²) in [7, 11) is 0. The molecule has 1 aromatic carbocycles. The van der Waals surface area contributed by atoms with E-state index in [1.807, 2.05) is 11.5 Å². The topological polar surface area (TPSA) is 56.1 Å². The number of carbonyl (C=O) groups excluding carboxylic acids is 1. The highest BCUT2D eigenvalue weighted by atomic mass is 19.1. The van der Waals surface area contributed by atoms with Gasteiger partial charge in [0, 0.05) is 12.2 Å². The fourth-order valence-electron chi connectivity index (χ4n) is 2.03. The number of imidazole rings is 1. The predicted octanol–water partition coefficient (Wildman–Crippen LogP) is 2.76. The number of ether oxygens (including phenoxy) is 1. The summed E-state index contributed by atoms with van der Waals surface area (Å²) in [5.41, 5.74) is 1.35. The Bertz CT molecular complexity index is 595. The van der Waals surface area contributed by atoms with E-state index in [2.05, 4.69) is 10.3 Å². The second-order valence-corrected chi connectivity index (χ2v) is 4.44. The van der Waals surface area contributed by atoms with Crippen LogP contribution < -0.4 is 5.32 Å². The van der Waals surface area contributed by atoms with E-state index in [1.54, 1.807) is 31.6 Å². The first-order chi connectivity index (χ1) is 10.2. The molecule has 1 heterocycles. The van der Waals surface area contributed by atoms with Crippen LogP contribution in [0, 0.1) is 5.82 Å². The molecule has 0 aliphatic carbocycles. The van der Waals surface area contributed by atoms with Gasteiger partial charge in [0.05, 0.1) is 24.8 Å². The van der Waals surface area contributed by atoms with Crippen LogP contribution in [0.15, 0.2) is 36.8 Å². The molecule has 1 aromatic heterocycles. The SMILES string of the molecule is CCOC(=O)C(Nc1ccc(F)cc1)c1cncn1CC. The number of hydrogen-bond donors (Lipinski definition) is 1. The van der Waals surface area contributed by atoms with Crippen LogP contribution in [0.4, 0.5) is 10.1 Å². The van der Waals surface area contributed by atoms with Crippen molar-refractivity contribution in [2.45, 2.75) is 26.4 Å². The van der Waals surface area contributed by atoms with Gasteiger partial charge in [0.1, 0.15) is 5.82 Å². The van der Waals surface area contributed by atoms with Gasteiger partial charge in [0.2, 0.25) is 0 Å². The van der Waals surface area contributed by atoms with Crippen molar-refractivity contribution in [3.8, 4) is 0 Å². The molecule has 1 unspecified atom stereocenters. The number of aryl methyl sites for hydroxylation is 1. The van der Waals surface area contributed by atoms with Crippen molar-refractivity contribution in [3.63, 3.8) is 0 Å². The molecule has 0 bridgehead atoms. The second kappa shape index (κ2) is 6.88. The molecule has 2 rings (SSSR count). The Balaban J connectivity index is 2.28. The van der Waals surface area contributed by atoms with Gasteiger partial charge < -0.3 is 14.6 Å². The largest absolute Gasteiger partial charge is 0.464 e. The van der Waals surface area contributed by atoms with Gasteiger partial charge in [-0.2, -0.15) is 0 Å². The zero-order chi connectivity index (χ0) is 15.2. The fraction of sp³-hybridized carbons (Fsp3) is 0.333. The molecule has 21 heavy (non-hydrogen) atoms. The average molecular weight is 291 g/mol. The maximum absolute atomic E-state index is 13.0. The molecule has 1 atom stereocenters. The summed E-state index contributed by atoms with van der Waals surface area (Å²) in [5, 5.41) is 3.07. The molecule has 0 saturated heterocycles. The Morgan fingerprint density at radius 2 is 2.10 bits per heavy atom. The van der Waals surface area contributed by atoms with Gasteiger partial charge in [-0.15, -0.1) is 0 Å². The van der Waals surface area contributed by atoms with E-state index in [-0.39, 0.29) is 5.82 Å². The van der Waals surface area contributed by atoms with Gasteiger partial charge in [-0.25, -0.2) is 14.2 Å². The highest BCUT2D eigenvalue weighted by Crippen LogP contribution is 2.21. The summed E-state index contributed by atoms with van der Waals surface area (Å²) >= 11 is 0. The van der Waals surface area contributed by atoms with Crippen LogP contribution in [-0.2, 0) is 16.1 Å². The summed E-state index contributed by atoms with van der Waals surface area (Å²) in [5.74, 6) is -0.719. The van der Waals surface area contributed by atoms with E-state index in [9.17, 15) is 9.18 Å². The number of esters is 1. The smallest absolute Gasteiger partial charge is 0.334 e. The number of aromatic nitrogens is 2. The Hall–Kier alpha value is -2.37. The average Bonchev–Trinajstić information content (AvgIpc) is 2.95. The maximum atomic E-state index is 13.0. The summed E-state index contributed by atoms with van der Waals surface area (Å²) < 4.78 is 19.9. The number of rotatable bonds is 6. The quantitative estimate of drug-likeness (QED) is 0.831. The summed E-state index contributed by atoms with van der Waals surface area (Å²) in [6.45, 7) is 4.70. The minimum atomic E-state index is -0.683. The summed E-state index contributed by atoms with van der Waals surface area (Å²) in [4.78, 5) is 16.2. The number of halogens is 1. The molecule has 5 nitrogen and oxygen atoms in total. The first-order valence-electron chi connectivity index (χ1n) is 6.84. The van der Waals surface area contributed by atoms with Gasteiger partial charge in [-0.3, -0.25) is 0 Å². The third-order valence-corrected chi connectivity index (χ3v) is 3.06. The van der Waals surface area contributed by atoms with Gasteiger partial charge in [-0.05, 0) is 38.1 Å². The molecule has 6 heteroatoms. The Morgan fingerprint density at radius 3 is 2.71 bits per heavy atom. The van der Waals surface area contributed by atoms with E-state index in [0.29, 0.717) is 24.5 Å². The molecule has 0 fully saturated rings. The molecule has 0 spiro atoms. The summed E-state index contributed by atoms with van der Waals surface area (Å²) in [6.07, 6.45) is 3.29. The molecule has 1 N–H and O–H groups in total. The zero-order valence-electron chi connectivity index (χ0n) is 12.0. The first-order valence-corrected chi connectivity index (χ1v) is 6.84. The third kappa shape index (κ3) is 3.59. The maximum Gasteiger partial charge on any atom is 0.334 e. The standard InChI is InChI=1S/C15H18FN3O2/c1-3-19-10-17-9-13(19)14(15(20)21-4-2)18-12-7-5-11(16)6-8-12/h5-10,14,18H,3-4H2,1-2H3. The molecule has 0 saturated carbocycles. The van der Waals surface area contributed by atoms with Crippen LogP contribution in [-0.4, -0.2) is 22.1 Å². The van der Waals surface area contributed by atoms with E-state index in [4.69, 9.17) is 4.74 Å². The van der Waals surface area contributed by atoms with Crippen LogP contribution in [0.2, 0.25) is 0 Å². The number of nitrogens with zero attached hydrogens (tertiary/aromatic N) is 2. The number of benzene rings is 1. The van der Waals surface area contributed by atoms with Crippen molar-refractivity contribution in [3.05, 3.63) is 48.3 Å². The fourth-order valence-corrected chi connectivity index (χ4v) is 2.03. The normalized spacial score (nSPS) is 12.0. The van der Waals surface area contributed by atoms with Crippen LogP contribution >= 0.6 is 0 Å². The van der Waals surface area contributed by atoms with Crippen LogP contribution in [0.3, 0.4) is 0 Å². The lowest BCUT2D eigenvalue weighted by Gasteiger charge is -2.19. The van der Waals surface area contributed by atoms with Crippen molar-refractivity contribution in [1.82, 2.24) is 9.55 Å². The monoisotopic (exact) mass is 291 g/mol. The molecular formula is C15H18FN3O2. The van der Waals surface area contributed by atoms with E-state index in [1.165, 1.54) is 12.1 Å². The number of carbonyl (C=O) groups is 1. The highest BCUT2D eigenvalue weighted by Gasteiger charge is 2.25. The van der Waals surface area contributed by atoms with Crippen LogP contribution in [0.5, 0.6) is 0 Å². The predicted molar refractivity (Wildman–Crippen MR) is 77.3 cm³/mol. The van der Waals surface area contributed by atoms with Crippen molar-refractivity contribution in [2.75, 3.05) is 11.9 Å². The van der Waals surface area contributed by atoms with Crippen molar-refractivity contribution >= 4 is 11.7 Å². The lowest BCUT2D eigenvalue weighted by molar-refractivity contribution is -0.144. The number of hydrogen-bond acceptors (Lipinski definition) is 4. The Morgan fingerprint density at radius 1 is 1.38 bits per heavy atom. The van der Waals surface area contributed by atoms with Gasteiger partial charge >= 0.3 is 5.97 Å². The van der Waals surface area contributed by atoms with Gasteiger partial charge in [-0.1, -0.05) is 0 Å². The molecular weight excluding hydrogens is 273 g/mol. The molecule has 2 aromatic rings. The van der Waals surface area contributed by atoms with Crippen LogP contribution in [0.1, 0.15) is 25.6 Å². The number of anilines is 1. The Kier molecular flexibility index (Phi) is 4.92. The second-order valence-electron chi connectivity index (χ2n) is 4.44.